The van der Waals surface area contributed by atoms with Gasteiger partial charge in [-0.3, -0.25) is 9.59 Å². The van der Waals surface area contributed by atoms with Crippen LogP contribution in [-0.2, 0) is 14.3 Å². The lowest BCUT2D eigenvalue weighted by molar-refractivity contribution is -0.166. The van der Waals surface area contributed by atoms with E-state index < -0.39 is 11.0 Å². The van der Waals surface area contributed by atoms with Gasteiger partial charge in [0.1, 0.15) is 11.4 Å². The summed E-state index contributed by atoms with van der Waals surface area (Å²) in [6, 6.07) is 3.58. The molecule has 8 nitrogen and oxygen atoms in total. The van der Waals surface area contributed by atoms with Gasteiger partial charge in [-0.2, -0.15) is 0 Å². The van der Waals surface area contributed by atoms with E-state index >= 15 is 0 Å². The maximum Gasteiger partial charge on any atom is 0.245 e. The summed E-state index contributed by atoms with van der Waals surface area (Å²) in [6.07, 6.45) is 2.07. The molecule has 1 saturated heterocycles. The zero-order valence-corrected chi connectivity index (χ0v) is 15.5. The normalized spacial score (nSPS) is 27.5. The number of aromatic nitrogens is 1. The Kier molecular flexibility index (Phi) is 4.90. The molecule has 1 aromatic rings. The van der Waals surface area contributed by atoms with Crippen LogP contribution in [0.4, 0.5) is 11.5 Å². The summed E-state index contributed by atoms with van der Waals surface area (Å²) in [5.41, 5.74) is 5.56. The fourth-order valence-corrected chi connectivity index (χ4v) is 3.54. The van der Waals surface area contributed by atoms with Crippen LogP contribution in [0.15, 0.2) is 18.3 Å². The van der Waals surface area contributed by atoms with Crippen LogP contribution in [0, 0.1) is 5.41 Å². The second kappa shape index (κ2) is 6.85. The van der Waals surface area contributed by atoms with E-state index in [0.29, 0.717) is 37.6 Å². The Bertz CT molecular complexity index is 691. The highest BCUT2D eigenvalue weighted by atomic mass is 16.5. The van der Waals surface area contributed by atoms with Crippen LogP contribution in [0.5, 0.6) is 0 Å². The molecule has 0 spiro atoms. The average Bonchev–Trinajstić information content (AvgIpc) is 2.62. The molecular weight excluding hydrogens is 334 g/mol. The lowest BCUT2D eigenvalue weighted by Crippen LogP contribution is -2.74. The summed E-state index contributed by atoms with van der Waals surface area (Å²) in [6.45, 7) is 8.06. The first-order valence-corrected chi connectivity index (χ1v) is 8.97. The summed E-state index contributed by atoms with van der Waals surface area (Å²) < 4.78 is 5.67. The highest BCUT2D eigenvalue weighted by molar-refractivity contribution is 5.99. The number of amides is 2. The minimum absolute atomic E-state index is 0.0171. The Labute approximate surface area is 153 Å². The van der Waals surface area contributed by atoms with E-state index in [0.717, 1.165) is 0 Å². The summed E-state index contributed by atoms with van der Waals surface area (Å²) >= 11 is 0. The second-order valence-electron chi connectivity index (χ2n) is 7.47. The van der Waals surface area contributed by atoms with E-state index in [2.05, 4.69) is 15.6 Å². The van der Waals surface area contributed by atoms with Crippen LogP contribution in [0.2, 0.25) is 0 Å². The number of pyridine rings is 1. The lowest BCUT2D eigenvalue weighted by Gasteiger charge is -2.57. The number of carbonyl (C=O) groups excluding carboxylic acids is 2. The standard InChI is InChI=1S/C18H27N5O3/c1-4-26-13-9-18(19,17(13,2)3)16(25)22-12-5-6-14(21-10-12)23-8-7-20-15(24)11-23/h5-6,10,13H,4,7-9,11,19H2,1-3H3,(H,20,24)(H,22,25). The number of carbonyl (C=O) groups is 2. The number of hydrogen-bond donors (Lipinski definition) is 3. The summed E-state index contributed by atoms with van der Waals surface area (Å²) in [5, 5.41) is 5.64. The van der Waals surface area contributed by atoms with Crippen molar-refractivity contribution >= 4 is 23.3 Å². The van der Waals surface area contributed by atoms with Gasteiger partial charge < -0.3 is 26.0 Å². The number of nitrogens with two attached hydrogens (primary N) is 1. The summed E-state index contributed by atoms with van der Waals surface area (Å²) in [4.78, 5) is 30.5. The van der Waals surface area contributed by atoms with E-state index in [1.54, 1.807) is 18.3 Å². The first-order chi connectivity index (χ1) is 12.3. The Morgan fingerprint density at radius 2 is 2.27 bits per heavy atom. The van der Waals surface area contributed by atoms with Gasteiger partial charge in [0.25, 0.3) is 0 Å². The smallest absolute Gasteiger partial charge is 0.245 e. The number of hydrogen-bond acceptors (Lipinski definition) is 6. The van der Waals surface area contributed by atoms with Crippen LogP contribution in [0.25, 0.3) is 0 Å². The van der Waals surface area contributed by atoms with Gasteiger partial charge in [-0.15, -0.1) is 0 Å². The van der Waals surface area contributed by atoms with Gasteiger partial charge in [-0.05, 0) is 19.1 Å². The molecule has 2 heterocycles. The molecule has 3 rings (SSSR count). The monoisotopic (exact) mass is 361 g/mol. The van der Waals surface area contributed by atoms with Crippen molar-refractivity contribution in [2.45, 2.75) is 38.8 Å². The van der Waals surface area contributed by atoms with Crippen molar-refractivity contribution in [1.82, 2.24) is 10.3 Å². The molecule has 2 amide bonds. The van der Waals surface area contributed by atoms with Gasteiger partial charge in [-0.1, -0.05) is 13.8 Å². The van der Waals surface area contributed by atoms with Crippen LogP contribution in [0.3, 0.4) is 0 Å². The number of nitrogens with one attached hydrogen (secondary N) is 2. The van der Waals surface area contributed by atoms with Crippen LogP contribution < -0.4 is 21.3 Å². The van der Waals surface area contributed by atoms with Crippen molar-refractivity contribution in [1.29, 1.82) is 0 Å². The molecule has 2 atom stereocenters. The third kappa shape index (κ3) is 3.14. The molecule has 1 aromatic heterocycles. The molecule has 1 saturated carbocycles. The molecule has 8 heteroatoms. The topological polar surface area (TPSA) is 110 Å². The summed E-state index contributed by atoms with van der Waals surface area (Å²) in [5.74, 6) is 0.461. The average molecular weight is 361 g/mol. The zero-order valence-electron chi connectivity index (χ0n) is 15.5. The molecule has 0 radical (unpaired) electrons. The molecule has 2 aliphatic rings. The minimum Gasteiger partial charge on any atom is -0.378 e. The third-order valence-electron chi connectivity index (χ3n) is 5.60. The highest BCUT2D eigenvalue weighted by Gasteiger charge is 2.62. The first-order valence-electron chi connectivity index (χ1n) is 8.97. The Hall–Kier alpha value is -2.19. The number of piperazine rings is 1. The van der Waals surface area contributed by atoms with Gasteiger partial charge in [-0.25, -0.2) is 4.98 Å². The van der Waals surface area contributed by atoms with E-state index in [1.807, 2.05) is 25.7 Å². The van der Waals surface area contributed by atoms with Crippen molar-refractivity contribution < 1.29 is 14.3 Å². The van der Waals surface area contributed by atoms with E-state index in [9.17, 15) is 9.59 Å². The van der Waals surface area contributed by atoms with Crippen molar-refractivity contribution in [3.05, 3.63) is 18.3 Å². The molecule has 142 valence electrons. The number of rotatable bonds is 5. The molecule has 0 bridgehead atoms. The third-order valence-corrected chi connectivity index (χ3v) is 5.60. The molecule has 1 aliphatic carbocycles. The van der Waals surface area contributed by atoms with Crippen LogP contribution >= 0.6 is 0 Å². The van der Waals surface area contributed by atoms with E-state index in [-0.39, 0.29) is 24.5 Å². The first kappa shape index (κ1) is 18.6. The van der Waals surface area contributed by atoms with Gasteiger partial charge >= 0.3 is 0 Å². The number of ether oxygens (including phenoxy) is 1. The molecule has 0 aromatic carbocycles. The van der Waals surface area contributed by atoms with E-state index in [4.69, 9.17) is 10.5 Å². The predicted octanol–water partition coefficient (Wildman–Crippen LogP) is 0.489. The zero-order chi connectivity index (χ0) is 18.9. The fourth-order valence-electron chi connectivity index (χ4n) is 3.54. The van der Waals surface area contributed by atoms with Crippen LogP contribution in [0.1, 0.15) is 27.2 Å². The number of nitrogens with zero attached hydrogens (tertiary/aromatic N) is 2. The largest absolute Gasteiger partial charge is 0.378 e. The van der Waals surface area contributed by atoms with Gasteiger partial charge in [0.2, 0.25) is 11.8 Å². The predicted molar refractivity (Wildman–Crippen MR) is 98.8 cm³/mol. The maximum absolute atomic E-state index is 12.7. The lowest BCUT2D eigenvalue weighted by atomic mass is 9.54. The van der Waals surface area contributed by atoms with Crippen LogP contribution in [-0.4, -0.2) is 54.7 Å². The minimum atomic E-state index is -0.976. The molecule has 1 aliphatic heterocycles. The summed E-state index contributed by atoms with van der Waals surface area (Å²) in [7, 11) is 0. The van der Waals surface area contributed by atoms with Crippen molar-refractivity contribution in [3.8, 4) is 0 Å². The van der Waals surface area contributed by atoms with Gasteiger partial charge in [0, 0.05) is 31.5 Å². The molecule has 4 N–H and O–H groups in total. The second-order valence-corrected chi connectivity index (χ2v) is 7.47. The Balaban J connectivity index is 1.64. The van der Waals surface area contributed by atoms with Gasteiger partial charge in [0.05, 0.1) is 24.5 Å². The van der Waals surface area contributed by atoms with Crippen molar-refractivity contribution in [2.24, 2.45) is 11.1 Å². The molecule has 2 unspecified atom stereocenters. The van der Waals surface area contributed by atoms with Crippen molar-refractivity contribution in [2.75, 3.05) is 36.5 Å². The Morgan fingerprint density at radius 1 is 1.50 bits per heavy atom. The van der Waals surface area contributed by atoms with Gasteiger partial charge in [0.15, 0.2) is 0 Å². The molecule has 26 heavy (non-hydrogen) atoms. The maximum atomic E-state index is 12.7. The fraction of sp³-hybridized carbons (Fsp3) is 0.611. The highest BCUT2D eigenvalue weighted by Crippen LogP contribution is 2.50. The number of anilines is 2. The van der Waals surface area contributed by atoms with E-state index in [1.165, 1.54) is 0 Å². The molecular formula is C18H27N5O3. The Morgan fingerprint density at radius 3 is 2.85 bits per heavy atom. The SMILES string of the molecule is CCOC1CC(N)(C(=O)Nc2ccc(N3CCNC(=O)C3)nc2)C1(C)C. The van der Waals surface area contributed by atoms with Crippen molar-refractivity contribution in [3.63, 3.8) is 0 Å². The molecule has 2 fully saturated rings. The quantitative estimate of drug-likeness (QED) is 0.704.